The minimum absolute atomic E-state index is 0.0438. The van der Waals surface area contributed by atoms with Gasteiger partial charge in [-0.05, 0) is 75.6 Å². The predicted octanol–water partition coefficient (Wildman–Crippen LogP) is 4.12. The van der Waals surface area contributed by atoms with E-state index in [-0.39, 0.29) is 22.7 Å². The molecule has 0 radical (unpaired) electrons. The normalized spacial score (nSPS) is 14.4. The summed E-state index contributed by atoms with van der Waals surface area (Å²) in [5, 5.41) is 4.47. The summed E-state index contributed by atoms with van der Waals surface area (Å²) in [6, 6.07) is 8.06. The van der Waals surface area contributed by atoms with Gasteiger partial charge >= 0.3 is 5.69 Å². The smallest absolute Gasteiger partial charge is 0.337 e. The zero-order valence-electron chi connectivity index (χ0n) is 19.9. The van der Waals surface area contributed by atoms with E-state index in [1.165, 1.54) is 9.13 Å². The van der Waals surface area contributed by atoms with Crippen molar-refractivity contribution in [1.82, 2.24) is 24.4 Å². The van der Waals surface area contributed by atoms with E-state index in [4.69, 9.17) is 32.7 Å². The molecular weight excluding hydrogens is 505 g/mol. The van der Waals surface area contributed by atoms with Gasteiger partial charge in [0.2, 0.25) is 5.28 Å². The van der Waals surface area contributed by atoms with E-state index < -0.39 is 5.69 Å². The lowest BCUT2D eigenvalue weighted by Crippen LogP contribution is -2.45. The third-order valence-electron chi connectivity index (χ3n) is 6.25. The number of hydrogen-bond donors (Lipinski definition) is 1. The number of aromatic nitrogens is 4. The molecule has 11 heteroatoms. The van der Waals surface area contributed by atoms with Crippen LogP contribution in [0.2, 0.25) is 10.3 Å². The van der Waals surface area contributed by atoms with Crippen molar-refractivity contribution in [3.05, 3.63) is 61.5 Å². The molecular formula is C25H25Cl2N5O4. The average molecular weight is 530 g/mol. The molecule has 4 aromatic rings. The molecule has 188 valence electrons. The molecule has 0 atom stereocenters. The van der Waals surface area contributed by atoms with Crippen LogP contribution in [0.3, 0.4) is 0 Å². The third kappa shape index (κ3) is 4.31. The van der Waals surface area contributed by atoms with E-state index in [2.05, 4.69) is 15.3 Å². The van der Waals surface area contributed by atoms with Crippen molar-refractivity contribution in [2.75, 3.05) is 26.3 Å². The Kier molecular flexibility index (Phi) is 6.87. The van der Waals surface area contributed by atoms with Gasteiger partial charge in [-0.1, -0.05) is 11.6 Å². The van der Waals surface area contributed by atoms with Crippen LogP contribution in [0.5, 0.6) is 11.5 Å². The highest BCUT2D eigenvalue weighted by molar-refractivity contribution is 6.31. The van der Waals surface area contributed by atoms with Crippen LogP contribution in [0.15, 0.2) is 39.9 Å². The Labute approximate surface area is 216 Å². The van der Waals surface area contributed by atoms with E-state index in [0.29, 0.717) is 77.5 Å². The van der Waals surface area contributed by atoms with Crippen LogP contribution in [-0.4, -0.2) is 45.4 Å². The molecule has 1 N–H and O–H groups in total. The number of benzene rings is 2. The lowest BCUT2D eigenvalue weighted by atomic mass is 10.1. The molecule has 1 aliphatic rings. The fourth-order valence-electron chi connectivity index (χ4n) is 4.69. The second-order valence-electron chi connectivity index (χ2n) is 8.43. The number of piperidine rings is 1. The van der Waals surface area contributed by atoms with Gasteiger partial charge in [0.15, 0.2) is 17.3 Å². The van der Waals surface area contributed by atoms with Crippen molar-refractivity contribution >= 4 is 45.0 Å². The van der Waals surface area contributed by atoms with Crippen LogP contribution in [0.4, 0.5) is 0 Å². The van der Waals surface area contributed by atoms with Crippen molar-refractivity contribution < 1.29 is 9.47 Å². The van der Waals surface area contributed by atoms with Crippen LogP contribution >= 0.6 is 23.2 Å². The molecule has 3 heterocycles. The van der Waals surface area contributed by atoms with Crippen molar-refractivity contribution in [2.24, 2.45) is 0 Å². The fraction of sp³-hybridized carbons (Fsp3) is 0.360. The Hall–Kier alpha value is -3.14. The van der Waals surface area contributed by atoms with Gasteiger partial charge in [-0.15, -0.1) is 0 Å². The summed E-state index contributed by atoms with van der Waals surface area (Å²) in [6.45, 7) is 6.02. The summed E-state index contributed by atoms with van der Waals surface area (Å²) in [4.78, 5) is 36.4. The van der Waals surface area contributed by atoms with E-state index in [9.17, 15) is 9.59 Å². The van der Waals surface area contributed by atoms with Crippen LogP contribution in [0.25, 0.3) is 27.6 Å². The molecule has 1 fully saturated rings. The maximum absolute atomic E-state index is 14.0. The van der Waals surface area contributed by atoms with Crippen molar-refractivity contribution in [1.29, 1.82) is 0 Å². The second kappa shape index (κ2) is 10.1. The standard InChI is InChI=1S/C25H25Cl2N5O4/c1-3-35-20-12-16-18(13-21(20)36-4-2)29-24(27)30-22(16)32-19-6-5-14(26)11-17(19)23(33)31(25(32)34)15-7-9-28-10-8-15/h5-6,11-13,15,28H,3-4,7-10H2,1-2H3. The summed E-state index contributed by atoms with van der Waals surface area (Å²) in [5.41, 5.74) is -0.0172. The van der Waals surface area contributed by atoms with Gasteiger partial charge in [0, 0.05) is 22.5 Å². The van der Waals surface area contributed by atoms with Gasteiger partial charge in [0.1, 0.15) is 0 Å². The number of fused-ring (bicyclic) bond motifs is 2. The fourth-order valence-corrected chi connectivity index (χ4v) is 5.04. The number of ether oxygens (including phenoxy) is 2. The lowest BCUT2D eigenvalue weighted by Gasteiger charge is -2.25. The van der Waals surface area contributed by atoms with Crippen molar-refractivity contribution in [2.45, 2.75) is 32.7 Å². The molecule has 5 rings (SSSR count). The van der Waals surface area contributed by atoms with Gasteiger partial charge in [-0.2, -0.15) is 4.98 Å². The molecule has 1 saturated heterocycles. The number of hydrogen-bond acceptors (Lipinski definition) is 7. The maximum atomic E-state index is 14.0. The first-order chi connectivity index (χ1) is 17.4. The van der Waals surface area contributed by atoms with Crippen LogP contribution in [0, 0.1) is 0 Å². The summed E-state index contributed by atoms with van der Waals surface area (Å²) in [5.74, 6) is 1.25. The highest BCUT2D eigenvalue weighted by Crippen LogP contribution is 2.35. The molecule has 1 aliphatic heterocycles. The quantitative estimate of drug-likeness (QED) is 0.375. The Morgan fingerprint density at radius 2 is 1.67 bits per heavy atom. The largest absolute Gasteiger partial charge is 0.490 e. The summed E-state index contributed by atoms with van der Waals surface area (Å²) >= 11 is 12.6. The van der Waals surface area contributed by atoms with Gasteiger partial charge in [0.05, 0.1) is 29.6 Å². The maximum Gasteiger partial charge on any atom is 0.337 e. The first-order valence-corrected chi connectivity index (χ1v) is 12.6. The van der Waals surface area contributed by atoms with Gasteiger partial charge in [-0.25, -0.2) is 14.3 Å². The van der Waals surface area contributed by atoms with E-state index >= 15 is 0 Å². The van der Waals surface area contributed by atoms with Gasteiger partial charge in [0.25, 0.3) is 5.56 Å². The number of rotatable bonds is 6. The molecule has 2 aromatic carbocycles. The minimum Gasteiger partial charge on any atom is -0.490 e. The Morgan fingerprint density at radius 3 is 2.36 bits per heavy atom. The van der Waals surface area contributed by atoms with Crippen molar-refractivity contribution in [3.8, 4) is 17.3 Å². The SMILES string of the molecule is CCOc1cc2nc(Cl)nc(-n3c(=O)n(C4CCNCC4)c(=O)c4cc(Cl)ccc43)c2cc1OCC. The highest BCUT2D eigenvalue weighted by Gasteiger charge is 2.25. The van der Waals surface area contributed by atoms with Gasteiger partial charge < -0.3 is 14.8 Å². The molecule has 0 bridgehead atoms. The van der Waals surface area contributed by atoms with Crippen LogP contribution in [0.1, 0.15) is 32.7 Å². The van der Waals surface area contributed by atoms with E-state index in [1.807, 2.05) is 13.8 Å². The zero-order chi connectivity index (χ0) is 25.4. The number of nitrogens with zero attached hydrogens (tertiary/aromatic N) is 4. The number of halogens is 2. The molecule has 0 spiro atoms. The average Bonchev–Trinajstić information content (AvgIpc) is 2.86. The molecule has 0 saturated carbocycles. The second-order valence-corrected chi connectivity index (χ2v) is 9.21. The van der Waals surface area contributed by atoms with Crippen molar-refractivity contribution in [3.63, 3.8) is 0 Å². The Morgan fingerprint density at radius 1 is 0.972 bits per heavy atom. The Balaban J connectivity index is 1.89. The first-order valence-electron chi connectivity index (χ1n) is 11.9. The molecule has 36 heavy (non-hydrogen) atoms. The summed E-state index contributed by atoms with van der Waals surface area (Å²) < 4.78 is 14.3. The first kappa shape index (κ1) is 24.5. The molecule has 0 unspecified atom stereocenters. The highest BCUT2D eigenvalue weighted by atomic mass is 35.5. The minimum atomic E-state index is -0.496. The molecule has 9 nitrogen and oxygen atoms in total. The third-order valence-corrected chi connectivity index (χ3v) is 6.65. The van der Waals surface area contributed by atoms with E-state index in [1.54, 1.807) is 30.3 Å². The zero-order valence-corrected chi connectivity index (χ0v) is 21.4. The van der Waals surface area contributed by atoms with Gasteiger partial charge in [-0.3, -0.25) is 9.36 Å². The molecule has 2 aromatic heterocycles. The molecule has 0 aliphatic carbocycles. The topological polar surface area (TPSA) is 100 Å². The number of nitrogens with one attached hydrogen (secondary N) is 1. The van der Waals surface area contributed by atoms with Crippen LogP contribution < -0.4 is 26.0 Å². The Bertz CT molecular complexity index is 1580. The van der Waals surface area contributed by atoms with Crippen LogP contribution in [-0.2, 0) is 0 Å². The summed E-state index contributed by atoms with van der Waals surface area (Å²) in [7, 11) is 0. The van der Waals surface area contributed by atoms with E-state index in [0.717, 1.165) is 0 Å². The summed E-state index contributed by atoms with van der Waals surface area (Å²) in [6.07, 6.45) is 1.30. The molecule has 0 amide bonds. The lowest BCUT2D eigenvalue weighted by molar-refractivity contribution is 0.288. The monoisotopic (exact) mass is 529 g/mol. The predicted molar refractivity (Wildman–Crippen MR) is 140 cm³/mol.